The van der Waals surface area contributed by atoms with Gasteiger partial charge in [0.1, 0.15) is 5.82 Å². The molecule has 0 saturated heterocycles. The van der Waals surface area contributed by atoms with Gasteiger partial charge in [-0.2, -0.15) is 0 Å². The van der Waals surface area contributed by atoms with Gasteiger partial charge in [-0.25, -0.2) is 12.8 Å². The number of sulfonamides is 1. The van der Waals surface area contributed by atoms with Crippen LogP contribution in [-0.2, 0) is 26.8 Å². The second-order valence-corrected chi connectivity index (χ2v) is 12.2. The standard InChI is InChI=1S/C25H35FN2O3S2/c1-7-8-13-32-23-15-20(25(3,4)5)11-9-19(23)16-27-24(29)17(2)18-10-12-22(21(26)14-18)28-33(6,30)31/h9-12,14-15,17,28H,7-8,13,16H2,1-6H3,(H,27,29). The minimum Gasteiger partial charge on any atom is -0.351 e. The van der Waals surface area contributed by atoms with Crippen molar-refractivity contribution >= 4 is 33.4 Å². The zero-order valence-corrected chi connectivity index (χ0v) is 21.9. The molecule has 0 spiro atoms. The fourth-order valence-electron chi connectivity index (χ4n) is 3.20. The summed E-state index contributed by atoms with van der Waals surface area (Å²) in [4.78, 5) is 14.0. The molecule has 1 amide bonds. The summed E-state index contributed by atoms with van der Waals surface area (Å²) in [5.41, 5.74) is 2.69. The maximum absolute atomic E-state index is 14.3. The fourth-order valence-corrected chi connectivity index (χ4v) is 4.95. The van der Waals surface area contributed by atoms with Crippen molar-refractivity contribution in [3.63, 3.8) is 0 Å². The maximum Gasteiger partial charge on any atom is 0.229 e. The Balaban J connectivity index is 2.13. The van der Waals surface area contributed by atoms with Crippen LogP contribution < -0.4 is 10.0 Å². The Labute approximate surface area is 202 Å². The average molecular weight is 495 g/mol. The highest BCUT2D eigenvalue weighted by Crippen LogP contribution is 2.31. The Hall–Kier alpha value is -2.06. The van der Waals surface area contributed by atoms with Crippen LogP contribution in [0.1, 0.15) is 70.1 Å². The summed E-state index contributed by atoms with van der Waals surface area (Å²) in [5, 5.41) is 2.97. The molecular weight excluding hydrogens is 459 g/mol. The predicted molar refractivity (Wildman–Crippen MR) is 136 cm³/mol. The van der Waals surface area contributed by atoms with Crippen LogP contribution in [0.5, 0.6) is 0 Å². The molecule has 33 heavy (non-hydrogen) atoms. The molecule has 0 saturated carbocycles. The second kappa shape index (κ2) is 11.4. The lowest BCUT2D eigenvalue weighted by molar-refractivity contribution is -0.122. The molecule has 0 aliphatic rings. The Morgan fingerprint density at radius 3 is 2.42 bits per heavy atom. The van der Waals surface area contributed by atoms with E-state index in [0.717, 1.165) is 30.4 Å². The van der Waals surface area contributed by atoms with Crippen molar-refractivity contribution in [1.29, 1.82) is 0 Å². The predicted octanol–water partition coefficient (Wildman–Crippen LogP) is 5.81. The summed E-state index contributed by atoms with van der Waals surface area (Å²) in [6.45, 7) is 10.8. The molecule has 5 nitrogen and oxygen atoms in total. The number of carbonyl (C=O) groups excluding carboxylic acids is 1. The van der Waals surface area contributed by atoms with Gasteiger partial charge in [0, 0.05) is 11.4 Å². The van der Waals surface area contributed by atoms with Crippen molar-refractivity contribution in [2.75, 3.05) is 16.7 Å². The van der Waals surface area contributed by atoms with E-state index >= 15 is 0 Å². The number of anilines is 1. The normalized spacial score (nSPS) is 12.9. The lowest BCUT2D eigenvalue weighted by atomic mass is 9.86. The second-order valence-electron chi connectivity index (χ2n) is 9.33. The van der Waals surface area contributed by atoms with Crippen LogP contribution in [0.25, 0.3) is 0 Å². The number of thioether (sulfide) groups is 1. The van der Waals surface area contributed by atoms with E-state index in [0.29, 0.717) is 12.1 Å². The number of hydrogen-bond donors (Lipinski definition) is 2. The minimum absolute atomic E-state index is 0.0402. The van der Waals surface area contributed by atoms with Gasteiger partial charge in [-0.05, 0) is 59.4 Å². The van der Waals surface area contributed by atoms with Crippen LogP contribution in [0.2, 0.25) is 0 Å². The number of benzene rings is 2. The summed E-state index contributed by atoms with van der Waals surface area (Å²) in [6, 6.07) is 10.5. The molecule has 0 aliphatic heterocycles. The summed E-state index contributed by atoms with van der Waals surface area (Å²) in [7, 11) is -3.58. The monoisotopic (exact) mass is 494 g/mol. The van der Waals surface area contributed by atoms with Gasteiger partial charge in [0.15, 0.2) is 0 Å². The van der Waals surface area contributed by atoms with Gasteiger partial charge in [0.2, 0.25) is 15.9 Å². The van der Waals surface area contributed by atoms with E-state index in [9.17, 15) is 17.6 Å². The molecule has 0 aliphatic carbocycles. The number of hydrogen-bond acceptors (Lipinski definition) is 4. The van der Waals surface area contributed by atoms with Crippen LogP contribution in [0, 0.1) is 5.82 Å². The van der Waals surface area contributed by atoms with Gasteiger partial charge in [-0.15, -0.1) is 11.8 Å². The highest BCUT2D eigenvalue weighted by Gasteiger charge is 2.19. The molecule has 2 rings (SSSR count). The van der Waals surface area contributed by atoms with Gasteiger partial charge in [-0.3, -0.25) is 9.52 Å². The third kappa shape index (κ3) is 8.34. The van der Waals surface area contributed by atoms with Crippen LogP contribution in [0.3, 0.4) is 0 Å². The summed E-state index contributed by atoms with van der Waals surface area (Å²) >= 11 is 1.81. The molecule has 0 aromatic heterocycles. The van der Waals surface area contributed by atoms with Gasteiger partial charge in [-0.1, -0.05) is 52.3 Å². The van der Waals surface area contributed by atoms with Gasteiger partial charge < -0.3 is 5.32 Å². The van der Waals surface area contributed by atoms with E-state index in [1.54, 1.807) is 13.0 Å². The van der Waals surface area contributed by atoms with Crippen molar-refractivity contribution < 1.29 is 17.6 Å². The van der Waals surface area contributed by atoms with Gasteiger partial charge in [0.25, 0.3) is 0 Å². The van der Waals surface area contributed by atoms with E-state index in [1.807, 2.05) is 11.8 Å². The van der Waals surface area contributed by atoms with Crippen molar-refractivity contribution in [2.24, 2.45) is 0 Å². The first kappa shape index (κ1) is 27.2. The molecule has 1 unspecified atom stereocenters. The Morgan fingerprint density at radius 2 is 1.85 bits per heavy atom. The van der Waals surface area contributed by atoms with Crippen LogP contribution in [0.15, 0.2) is 41.3 Å². The number of carbonyl (C=O) groups is 1. The van der Waals surface area contributed by atoms with E-state index in [4.69, 9.17) is 0 Å². The van der Waals surface area contributed by atoms with E-state index in [-0.39, 0.29) is 17.0 Å². The molecule has 0 fully saturated rings. The molecule has 2 aromatic rings. The fraction of sp³-hybridized carbons (Fsp3) is 0.480. The van der Waals surface area contributed by atoms with Crippen LogP contribution >= 0.6 is 11.8 Å². The smallest absolute Gasteiger partial charge is 0.229 e. The SMILES string of the molecule is CCCCSc1cc(C(C)(C)C)ccc1CNC(=O)C(C)c1ccc(NS(C)(=O)=O)c(F)c1. The molecule has 8 heteroatoms. The molecular formula is C25H35FN2O3S2. The molecule has 0 radical (unpaired) electrons. The highest BCUT2D eigenvalue weighted by molar-refractivity contribution is 7.99. The zero-order valence-electron chi connectivity index (χ0n) is 20.3. The molecule has 0 heterocycles. The molecule has 2 aromatic carbocycles. The highest BCUT2D eigenvalue weighted by atomic mass is 32.2. The molecule has 182 valence electrons. The zero-order chi connectivity index (χ0) is 24.8. The average Bonchev–Trinajstić information content (AvgIpc) is 2.72. The van der Waals surface area contributed by atoms with Crippen molar-refractivity contribution in [3.05, 3.63) is 58.9 Å². The number of rotatable bonds is 10. The molecule has 2 N–H and O–H groups in total. The quantitative estimate of drug-likeness (QED) is 0.323. The first-order valence-corrected chi connectivity index (χ1v) is 14.0. The maximum atomic E-state index is 14.3. The Morgan fingerprint density at radius 1 is 1.15 bits per heavy atom. The number of halogens is 1. The summed E-state index contributed by atoms with van der Waals surface area (Å²) < 4.78 is 39.1. The number of nitrogens with one attached hydrogen (secondary N) is 2. The van der Waals surface area contributed by atoms with Gasteiger partial charge in [0.05, 0.1) is 17.9 Å². The first-order valence-electron chi connectivity index (χ1n) is 11.1. The molecule has 1 atom stereocenters. The van der Waals surface area contributed by atoms with Crippen LogP contribution in [-0.4, -0.2) is 26.3 Å². The number of amides is 1. The molecule has 0 bridgehead atoms. The van der Waals surface area contributed by atoms with Crippen molar-refractivity contribution in [2.45, 2.75) is 70.2 Å². The van der Waals surface area contributed by atoms with E-state index in [1.165, 1.54) is 22.6 Å². The Kier molecular flexibility index (Phi) is 9.38. The third-order valence-electron chi connectivity index (χ3n) is 5.32. The topological polar surface area (TPSA) is 75.3 Å². The third-order valence-corrected chi connectivity index (χ3v) is 7.10. The lowest BCUT2D eigenvalue weighted by Crippen LogP contribution is -2.28. The van der Waals surface area contributed by atoms with E-state index in [2.05, 4.69) is 55.9 Å². The summed E-state index contributed by atoms with van der Waals surface area (Å²) in [6.07, 6.45) is 3.22. The number of unbranched alkanes of at least 4 members (excludes halogenated alkanes) is 1. The minimum atomic E-state index is -3.58. The van der Waals surface area contributed by atoms with E-state index < -0.39 is 21.8 Å². The van der Waals surface area contributed by atoms with Crippen LogP contribution in [0.4, 0.5) is 10.1 Å². The first-order chi connectivity index (χ1) is 15.3. The van der Waals surface area contributed by atoms with Crippen molar-refractivity contribution in [1.82, 2.24) is 5.32 Å². The Bertz CT molecular complexity index is 1080. The lowest BCUT2D eigenvalue weighted by Gasteiger charge is -2.22. The summed E-state index contributed by atoms with van der Waals surface area (Å²) in [5.74, 6) is -0.501. The van der Waals surface area contributed by atoms with Crippen molar-refractivity contribution in [3.8, 4) is 0 Å². The largest absolute Gasteiger partial charge is 0.351 e. The van der Waals surface area contributed by atoms with Gasteiger partial charge >= 0.3 is 0 Å².